The number of allylic oxidation sites excluding steroid dienone is 2. The van der Waals surface area contributed by atoms with Gasteiger partial charge in [0.25, 0.3) is 0 Å². The molecule has 1 aliphatic carbocycles. The van der Waals surface area contributed by atoms with Crippen LogP contribution in [0.4, 0.5) is 5.69 Å². The van der Waals surface area contributed by atoms with Crippen molar-refractivity contribution in [2.24, 2.45) is 5.73 Å². The summed E-state index contributed by atoms with van der Waals surface area (Å²) < 4.78 is -1.17. The highest BCUT2D eigenvalue weighted by molar-refractivity contribution is 6.50. The minimum atomic E-state index is -1.17. The van der Waals surface area contributed by atoms with Crippen molar-refractivity contribution in [1.29, 1.82) is 0 Å². The fraction of sp³-hybridized carbons (Fsp3) is 0.154. The van der Waals surface area contributed by atoms with Crippen molar-refractivity contribution in [2.45, 2.75) is 10.4 Å². The van der Waals surface area contributed by atoms with Gasteiger partial charge in [-0.15, -0.1) is 0 Å². The van der Waals surface area contributed by atoms with Gasteiger partial charge in [-0.2, -0.15) is 0 Å². The number of nitrogens with two attached hydrogens (primary N) is 2. The van der Waals surface area contributed by atoms with Crippen LogP contribution in [0.3, 0.4) is 0 Å². The molecule has 0 saturated heterocycles. The van der Waals surface area contributed by atoms with Crippen LogP contribution in [-0.2, 0) is 0 Å². The Morgan fingerprint density at radius 3 is 2.67 bits per heavy atom. The zero-order valence-electron chi connectivity index (χ0n) is 9.44. The lowest BCUT2D eigenvalue weighted by molar-refractivity contribution is 0.103. The second-order valence-electron chi connectivity index (χ2n) is 4.11. The predicted molar refractivity (Wildman–Crippen MR) is 74.8 cm³/mol. The number of ketones is 1. The van der Waals surface area contributed by atoms with E-state index in [2.05, 4.69) is 0 Å². The largest absolute Gasteiger partial charge is 0.399 e. The maximum atomic E-state index is 12.2. The monoisotopic (exact) mass is 282 g/mol. The average Bonchev–Trinajstić information content (AvgIpc) is 2.32. The fourth-order valence-electron chi connectivity index (χ4n) is 1.67. The van der Waals surface area contributed by atoms with Crippen molar-refractivity contribution in [3.63, 3.8) is 0 Å². The molecule has 1 aromatic rings. The summed E-state index contributed by atoms with van der Waals surface area (Å²) in [4.78, 5) is 12.2. The first kappa shape index (κ1) is 13.1. The van der Waals surface area contributed by atoms with Gasteiger partial charge in [0, 0.05) is 16.8 Å². The molecule has 0 spiro atoms. The highest BCUT2D eigenvalue weighted by Crippen LogP contribution is 2.31. The summed E-state index contributed by atoms with van der Waals surface area (Å²) in [6.07, 6.45) is 4.65. The van der Waals surface area contributed by atoms with E-state index in [4.69, 9.17) is 34.7 Å². The normalized spacial score (nSPS) is 21.5. The van der Waals surface area contributed by atoms with Crippen molar-refractivity contribution in [3.05, 3.63) is 53.6 Å². The molecule has 5 heteroatoms. The smallest absolute Gasteiger partial charge is 0.192 e. The predicted octanol–water partition coefficient (Wildman–Crippen LogP) is 2.45. The van der Waals surface area contributed by atoms with Crippen molar-refractivity contribution >= 4 is 34.7 Å². The number of anilines is 1. The minimum Gasteiger partial charge on any atom is -0.399 e. The van der Waals surface area contributed by atoms with Gasteiger partial charge in [-0.25, -0.2) is 0 Å². The number of Topliss-reactive ketones (excluding diaryl/α,β-unsaturated/α-hetero) is 1. The van der Waals surface area contributed by atoms with Crippen LogP contribution in [0, 0.1) is 0 Å². The highest BCUT2D eigenvalue weighted by atomic mass is 35.5. The Morgan fingerprint density at radius 2 is 2.06 bits per heavy atom. The van der Waals surface area contributed by atoms with E-state index in [1.54, 1.807) is 36.4 Å². The molecule has 94 valence electrons. The van der Waals surface area contributed by atoms with E-state index < -0.39 is 10.4 Å². The van der Waals surface area contributed by atoms with Gasteiger partial charge in [0.15, 0.2) is 10.1 Å². The molecule has 0 amide bonds. The van der Waals surface area contributed by atoms with Gasteiger partial charge in [0.1, 0.15) is 0 Å². The lowest BCUT2D eigenvalue weighted by Gasteiger charge is -2.24. The number of benzene rings is 1. The summed E-state index contributed by atoms with van der Waals surface area (Å²) in [5.41, 5.74) is 12.9. The molecule has 18 heavy (non-hydrogen) atoms. The third-order valence-electron chi connectivity index (χ3n) is 2.70. The van der Waals surface area contributed by atoms with E-state index >= 15 is 0 Å². The number of carbonyl (C=O) groups excluding carboxylic acids is 1. The molecule has 4 N–H and O–H groups in total. The van der Waals surface area contributed by atoms with Gasteiger partial charge in [-0.05, 0) is 18.2 Å². The van der Waals surface area contributed by atoms with Crippen LogP contribution in [0.15, 0.2) is 48.1 Å². The second-order valence-corrected chi connectivity index (χ2v) is 5.55. The third-order valence-corrected chi connectivity index (χ3v) is 3.46. The van der Waals surface area contributed by atoms with Gasteiger partial charge in [-0.3, -0.25) is 4.79 Å². The molecular formula is C13H12Cl2N2O. The number of rotatable bonds is 2. The van der Waals surface area contributed by atoms with E-state index in [9.17, 15) is 4.79 Å². The van der Waals surface area contributed by atoms with Crippen molar-refractivity contribution in [3.8, 4) is 0 Å². The molecule has 2 rings (SSSR count). The molecule has 0 radical (unpaired) electrons. The summed E-state index contributed by atoms with van der Waals surface area (Å²) in [5, 5.41) is 0. The summed E-state index contributed by atoms with van der Waals surface area (Å²) in [5.74, 6) is -0.155. The number of alkyl halides is 2. The maximum Gasteiger partial charge on any atom is 0.192 e. The fourth-order valence-corrected chi connectivity index (χ4v) is 1.92. The number of hydrogen-bond donors (Lipinski definition) is 2. The Kier molecular flexibility index (Phi) is 3.48. The van der Waals surface area contributed by atoms with Crippen molar-refractivity contribution < 1.29 is 4.79 Å². The Bertz CT molecular complexity index is 550. The summed E-state index contributed by atoms with van der Waals surface area (Å²) in [7, 11) is 0. The molecule has 1 atom stereocenters. The highest BCUT2D eigenvalue weighted by Gasteiger charge is 2.31. The summed E-state index contributed by atoms with van der Waals surface area (Å²) in [6.45, 7) is 0. The Hall–Kier alpha value is -1.29. The molecule has 0 aromatic heterocycles. The minimum absolute atomic E-state index is 0.155. The molecule has 1 aliphatic rings. The Morgan fingerprint density at radius 1 is 1.33 bits per heavy atom. The van der Waals surface area contributed by atoms with Crippen LogP contribution in [0.2, 0.25) is 0 Å². The standard InChI is InChI=1S/C13H12Cl2N2O/c14-13(15)5-4-9(7-11(13)17)12(18)8-2-1-3-10(16)6-8/h1-7,11H,16-17H2. The van der Waals surface area contributed by atoms with Crippen LogP contribution >= 0.6 is 23.2 Å². The number of hydrogen-bond acceptors (Lipinski definition) is 3. The lowest BCUT2D eigenvalue weighted by Crippen LogP contribution is -2.38. The zero-order valence-corrected chi connectivity index (χ0v) is 10.9. The quantitative estimate of drug-likeness (QED) is 0.497. The van der Waals surface area contributed by atoms with Crippen LogP contribution < -0.4 is 11.5 Å². The average molecular weight is 283 g/mol. The SMILES string of the molecule is Nc1cccc(C(=O)C2=CC(N)C(Cl)(Cl)C=C2)c1. The Balaban J connectivity index is 2.29. The second kappa shape index (κ2) is 4.76. The van der Waals surface area contributed by atoms with Crippen LogP contribution in [0.25, 0.3) is 0 Å². The lowest BCUT2D eigenvalue weighted by atomic mass is 9.95. The van der Waals surface area contributed by atoms with Gasteiger partial charge in [0.05, 0.1) is 6.04 Å². The number of nitrogen functional groups attached to an aromatic ring is 1. The molecule has 1 aromatic carbocycles. The van der Waals surface area contributed by atoms with Gasteiger partial charge < -0.3 is 11.5 Å². The van der Waals surface area contributed by atoms with Crippen LogP contribution in [-0.4, -0.2) is 16.2 Å². The molecular weight excluding hydrogens is 271 g/mol. The van der Waals surface area contributed by atoms with Crippen LogP contribution in [0.5, 0.6) is 0 Å². The van der Waals surface area contributed by atoms with E-state index in [1.165, 1.54) is 6.08 Å². The van der Waals surface area contributed by atoms with Crippen LogP contribution in [0.1, 0.15) is 10.4 Å². The van der Waals surface area contributed by atoms with Gasteiger partial charge in [-0.1, -0.05) is 47.5 Å². The molecule has 1 unspecified atom stereocenters. The summed E-state index contributed by atoms with van der Waals surface area (Å²) >= 11 is 11.9. The first-order chi connectivity index (χ1) is 8.40. The third kappa shape index (κ3) is 2.58. The molecule has 0 aliphatic heterocycles. The van der Waals surface area contributed by atoms with E-state index in [-0.39, 0.29) is 5.78 Å². The van der Waals surface area contributed by atoms with Gasteiger partial charge >= 0.3 is 0 Å². The molecule has 0 bridgehead atoms. The van der Waals surface area contributed by atoms with Crippen molar-refractivity contribution in [2.75, 3.05) is 5.73 Å². The first-order valence-electron chi connectivity index (χ1n) is 5.35. The van der Waals surface area contributed by atoms with E-state index in [1.807, 2.05) is 0 Å². The summed E-state index contributed by atoms with van der Waals surface area (Å²) in [6, 6.07) is 6.14. The number of halogens is 2. The molecule has 0 heterocycles. The topological polar surface area (TPSA) is 69.1 Å². The van der Waals surface area contributed by atoms with Crippen molar-refractivity contribution in [1.82, 2.24) is 0 Å². The first-order valence-corrected chi connectivity index (χ1v) is 6.10. The van der Waals surface area contributed by atoms with E-state index in [0.717, 1.165) is 0 Å². The molecule has 0 saturated carbocycles. The Labute approximate surface area is 115 Å². The van der Waals surface area contributed by atoms with Gasteiger partial charge in [0.2, 0.25) is 0 Å². The zero-order chi connectivity index (χ0) is 13.3. The molecule has 0 fully saturated rings. The van der Waals surface area contributed by atoms with E-state index in [0.29, 0.717) is 16.8 Å². The number of carbonyl (C=O) groups is 1. The molecule has 3 nitrogen and oxygen atoms in total. The maximum absolute atomic E-state index is 12.2.